The lowest BCUT2D eigenvalue weighted by atomic mass is 10.2. The Morgan fingerprint density at radius 2 is 1.97 bits per heavy atom. The molecule has 0 radical (unpaired) electrons. The minimum absolute atomic E-state index is 0.179. The van der Waals surface area contributed by atoms with Crippen LogP contribution in [0.25, 0.3) is 6.08 Å². The zero-order chi connectivity index (χ0) is 20.8. The van der Waals surface area contributed by atoms with Crippen LogP contribution in [0.4, 0.5) is 5.69 Å². The van der Waals surface area contributed by atoms with Gasteiger partial charge >= 0.3 is 0 Å². The molecule has 1 fully saturated rings. The standard InChI is InChI=1S/C21H20ClIN2O3S/c1-3-9-28-19-16(23)10-13(11-17(19)27-4-2)12-18-20(26)25-21(29-18)24-15-7-5-14(22)6-8-15/h5-8,10-12H,3-4,9H2,1-2H3,(H,24,25,26)/b18-12-. The molecule has 2 aromatic rings. The SMILES string of the molecule is CCCOc1c(I)cc(/C=C2\SC(=Nc3ccc(Cl)cc3)NC2=O)cc1OCC. The minimum atomic E-state index is -0.179. The number of hydrogen-bond acceptors (Lipinski definition) is 5. The maximum absolute atomic E-state index is 12.4. The van der Waals surface area contributed by atoms with E-state index >= 15 is 0 Å². The normalized spacial score (nSPS) is 16.3. The highest BCUT2D eigenvalue weighted by Crippen LogP contribution is 2.36. The third kappa shape index (κ3) is 5.90. The molecule has 0 saturated carbocycles. The van der Waals surface area contributed by atoms with Crippen LogP contribution in [-0.4, -0.2) is 24.3 Å². The van der Waals surface area contributed by atoms with Crippen LogP contribution >= 0.6 is 46.0 Å². The topological polar surface area (TPSA) is 59.9 Å². The average Bonchev–Trinajstić information content (AvgIpc) is 3.02. The molecule has 2 aromatic carbocycles. The van der Waals surface area contributed by atoms with Gasteiger partial charge in [-0.15, -0.1) is 0 Å². The molecular formula is C21H20ClIN2O3S. The molecule has 1 amide bonds. The summed E-state index contributed by atoms with van der Waals surface area (Å²) in [6.07, 6.45) is 2.75. The molecule has 0 atom stereocenters. The Kier molecular flexibility index (Phi) is 7.85. The van der Waals surface area contributed by atoms with Crippen LogP contribution in [0.2, 0.25) is 5.02 Å². The van der Waals surface area contributed by atoms with Crippen molar-refractivity contribution in [1.29, 1.82) is 0 Å². The van der Waals surface area contributed by atoms with Gasteiger partial charge in [0.15, 0.2) is 16.7 Å². The summed E-state index contributed by atoms with van der Waals surface area (Å²) >= 11 is 9.43. The second kappa shape index (κ2) is 10.4. The molecule has 0 aliphatic carbocycles. The molecular weight excluding hydrogens is 523 g/mol. The monoisotopic (exact) mass is 542 g/mol. The first-order valence-electron chi connectivity index (χ1n) is 9.14. The van der Waals surface area contributed by atoms with Crippen molar-refractivity contribution < 1.29 is 14.3 Å². The summed E-state index contributed by atoms with van der Waals surface area (Å²) < 4.78 is 12.5. The van der Waals surface area contributed by atoms with Gasteiger partial charge in [0.2, 0.25) is 0 Å². The number of aliphatic imine (C=N–C) groups is 1. The van der Waals surface area contributed by atoms with Crippen LogP contribution in [0, 0.1) is 3.57 Å². The van der Waals surface area contributed by atoms with Crippen LogP contribution in [0.5, 0.6) is 11.5 Å². The van der Waals surface area contributed by atoms with Gasteiger partial charge in [-0.3, -0.25) is 4.79 Å². The van der Waals surface area contributed by atoms with Crippen LogP contribution in [0.1, 0.15) is 25.8 Å². The van der Waals surface area contributed by atoms with E-state index in [1.54, 1.807) is 24.3 Å². The molecule has 5 nitrogen and oxygen atoms in total. The number of amides is 1. The van der Waals surface area contributed by atoms with Crippen molar-refractivity contribution >= 4 is 68.8 Å². The largest absolute Gasteiger partial charge is 0.490 e. The van der Waals surface area contributed by atoms with Gasteiger partial charge in [-0.2, -0.15) is 0 Å². The highest BCUT2D eigenvalue weighted by molar-refractivity contribution is 14.1. The van der Waals surface area contributed by atoms with Crippen molar-refractivity contribution in [3.63, 3.8) is 0 Å². The van der Waals surface area contributed by atoms with Gasteiger partial charge < -0.3 is 14.8 Å². The molecule has 0 spiro atoms. The van der Waals surface area contributed by atoms with Crippen LogP contribution < -0.4 is 14.8 Å². The number of ether oxygens (including phenoxy) is 2. The number of hydrogen-bond donors (Lipinski definition) is 1. The number of carbonyl (C=O) groups is 1. The van der Waals surface area contributed by atoms with Gasteiger partial charge in [-0.1, -0.05) is 18.5 Å². The molecule has 8 heteroatoms. The Morgan fingerprint density at radius 3 is 2.66 bits per heavy atom. The molecule has 1 aliphatic heterocycles. The maximum Gasteiger partial charge on any atom is 0.264 e. The van der Waals surface area contributed by atoms with E-state index in [9.17, 15) is 4.79 Å². The Labute approximate surface area is 193 Å². The van der Waals surface area contributed by atoms with Crippen molar-refractivity contribution in [2.45, 2.75) is 20.3 Å². The maximum atomic E-state index is 12.4. The Hall–Kier alpha value is -1.71. The van der Waals surface area contributed by atoms with Crippen molar-refractivity contribution in [3.8, 4) is 11.5 Å². The van der Waals surface area contributed by atoms with Crippen molar-refractivity contribution in [2.24, 2.45) is 4.99 Å². The lowest BCUT2D eigenvalue weighted by molar-refractivity contribution is -0.115. The molecule has 1 aliphatic rings. The van der Waals surface area contributed by atoms with Gasteiger partial charge in [-0.25, -0.2) is 4.99 Å². The number of benzene rings is 2. The van der Waals surface area contributed by atoms with E-state index in [1.807, 2.05) is 25.1 Å². The molecule has 1 heterocycles. The predicted octanol–water partition coefficient (Wildman–Crippen LogP) is 6.02. The van der Waals surface area contributed by atoms with E-state index < -0.39 is 0 Å². The molecule has 1 N–H and O–H groups in total. The van der Waals surface area contributed by atoms with E-state index in [0.29, 0.717) is 34.1 Å². The number of carbonyl (C=O) groups excluding carboxylic acids is 1. The van der Waals surface area contributed by atoms with Crippen LogP contribution in [0.3, 0.4) is 0 Å². The van der Waals surface area contributed by atoms with E-state index in [4.69, 9.17) is 21.1 Å². The van der Waals surface area contributed by atoms with Crippen molar-refractivity contribution in [2.75, 3.05) is 13.2 Å². The summed E-state index contributed by atoms with van der Waals surface area (Å²) in [5, 5.41) is 3.97. The molecule has 3 rings (SSSR count). The first-order chi connectivity index (χ1) is 14.0. The van der Waals surface area contributed by atoms with E-state index in [-0.39, 0.29) is 5.91 Å². The highest BCUT2D eigenvalue weighted by Gasteiger charge is 2.24. The smallest absolute Gasteiger partial charge is 0.264 e. The molecule has 0 aromatic heterocycles. The zero-order valence-corrected chi connectivity index (χ0v) is 19.7. The van der Waals surface area contributed by atoms with Crippen molar-refractivity contribution in [3.05, 3.63) is 55.5 Å². The van der Waals surface area contributed by atoms with Crippen molar-refractivity contribution in [1.82, 2.24) is 5.32 Å². The zero-order valence-electron chi connectivity index (χ0n) is 16.0. The molecule has 0 unspecified atom stereocenters. The summed E-state index contributed by atoms with van der Waals surface area (Å²) in [5.74, 6) is 1.24. The van der Waals surface area contributed by atoms with Gasteiger partial charge in [0.25, 0.3) is 5.91 Å². The quantitative estimate of drug-likeness (QED) is 0.343. The fourth-order valence-corrected chi connectivity index (χ4v) is 4.29. The van der Waals surface area contributed by atoms with E-state index in [0.717, 1.165) is 27.0 Å². The fraction of sp³-hybridized carbons (Fsp3) is 0.238. The van der Waals surface area contributed by atoms with E-state index in [1.165, 1.54) is 11.8 Å². The molecule has 1 saturated heterocycles. The first kappa shape index (κ1) is 22.0. The third-order valence-electron chi connectivity index (χ3n) is 3.79. The number of nitrogens with zero attached hydrogens (tertiary/aromatic N) is 1. The van der Waals surface area contributed by atoms with Crippen LogP contribution in [0.15, 0.2) is 46.3 Å². The lowest BCUT2D eigenvalue weighted by Crippen LogP contribution is -2.19. The van der Waals surface area contributed by atoms with Gasteiger partial charge in [0.05, 0.1) is 27.4 Å². The number of halogens is 2. The number of thioether (sulfide) groups is 1. The summed E-state index contributed by atoms with van der Waals surface area (Å²) in [6, 6.07) is 11.0. The van der Waals surface area contributed by atoms with Gasteiger partial charge in [0, 0.05) is 5.02 Å². The second-order valence-electron chi connectivity index (χ2n) is 6.07. The van der Waals surface area contributed by atoms with Gasteiger partial charge in [0.1, 0.15) is 0 Å². The Bertz CT molecular complexity index is 961. The number of rotatable bonds is 7. The lowest BCUT2D eigenvalue weighted by Gasteiger charge is -2.14. The third-order valence-corrected chi connectivity index (χ3v) is 5.75. The Morgan fingerprint density at radius 1 is 1.21 bits per heavy atom. The number of nitrogens with one attached hydrogen (secondary N) is 1. The predicted molar refractivity (Wildman–Crippen MR) is 128 cm³/mol. The highest BCUT2D eigenvalue weighted by atomic mass is 127. The number of amidine groups is 1. The summed E-state index contributed by atoms with van der Waals surface area (Å²) in [6.45, 7) is 5.15. The first-order valence-corrected chi connectivity index (χ1v) is 11.4. The molecule has 0 bridgehead atoms. The minimum Gasteiger partial charge on any atom is -0.490 e. The summed E-state index contributed by atoms with van der Waals surface area (Å²) in [4.78, 5) is 17.4. The summed E-state index contributed by atoms with van der Waals surface area (Å²) in [5.41, 5.74) is 1.59. The van der Waals surface area contributed by atoms with Crippen LogP contribution in [-0.2, 0) is 4.79 Å². The average molecular weight is 543 g/mol. The van der Waals surface area contributed by atoms with E-state index in [2.05, 4.69) is 39.8 Å². The second-order valence-corrected chi connectivity index (χ2v) is 8.70. The Balaban J connectivity index is 1.85. The summed E-state index contributed by atoms with van der Waals surface area (Å²) in [7, 11) is 0. The fourth-order valence-electron chi connectivity index (χ4n) is 2.54. The molecule has 152 valence electrons. The van der Waals surface area contributed by atoms with Gasteiger partial charge in [-0.05, 0) is 95.7 Å². The molecule has 29 heavy (non-hydrogen) atoms.